The van der Waals surface area contributed by atoms with Crippen molar-refractivity contribution in [3.63, 3.8) is 0 Å². The van der Waals surface area contributed by atoms with Crippen LogP contribution >= 0.6 is 0 Å². The quantitative estimate of drug-likeness (QED) is 0.274. The first-order chi connectivity index (χ1) is 18.3. The lowest BCUT2D eigenvalue weighted by Crippen LogP contribution is -2.27. The number of fused-ring (bicyclic) bond motifs is 2. The highest BCUT2D eigenvalue weighted by atomic mass is 19.1. The molecule has 7 nitrogen and oxygen atoms in total. The summed E-state index contributed by atoms with van der Waals surface area (Å²) in [6.07, 6.45) is 1.65. The van der Waals surface area contributed by atoms with Crippen LogP contribution in [0, 0.1) is 11.2 Å². The van der Waals surface area contributed by atoms with Gasteiger partial charge in [0.15, 0.2) is 0 Å². The fourth-order valence-electron chi connectivity index (χ4n) is 4.93. The summed E-state index contributed by atoms with van der Waals surface area (Å²) in [5.74, 6) is -1.55. The van der Waals surface area contributed by atoms with Gasteiger partial charge in [0.1, 0.15) is 5.82 Å². The lowest BCUT2D eigenvalue weighted by atomic mass is 9.84. The zero-order valence-electron chi connectivity index (χ0n) is 22.5. The number of aliphatic hydroxyl groups is 1. The Labute approximate surface area is 225 Å². The number of benzene rings is 3. The number of carbonyl (C=O) groups excluding carboxylic acids is 1. The van der Waals surface area contributed by atoms with E-state index in [2.05, 4.69) is 5.10 Å². The number of aromatic nitrogens is 3. The molecule has 0 aliphatic carbocycles. The van der Waals surface area contributed by atoms with Crippen molar-refractivity contribution in [3.05, 3.63) is 83.9 Å². The van der Waals surface area contributed by atoms with Gasteiger partial charge in [0, 0.05) is 38.5 Å². The first-order valence-corrected chi connectivity index (χ1v) is 12.7. The van der Waals surface area contributed by atoms with Crippen molar-refractivity contribution in [2.45, 2.75) is 40.0 Å². The Bertz CT molecular complexity index is 1740. The van der Waals surface area contributed by atoms with Crippen LogP contribution in [-0.2, 0) is 5.41 Å². The molecule has 0 unspecified atom stereocenters. The number of aliphatic hydroxyl groups excluding tert-OH is 1. The number of rotatable bonds is 5. The molecule has 200 valence electrons. The Morgan fingerprint density at radius 2 is 1.56 bits per heavy atom. The molecule has 0 saturated carbocycles. The van der Waals surface area contributed by atoms with E-state index in [1.54, 1.807) is 42.6 Å². The first-order valence-electron chi connectivity index (χ1n) is 12.7. The first kappa shape index (κ1) is 26.3. The van der Waals surface area contributed by atoms with Gasteiger partial charge in [-0.2, -0.15) is 9.78 Å². The van der Waals surface area contributed by atoms with E-state index in [0.29, 0.717) is 11.2 Å². The molecule has 5 aromatic rings. The molecule has 5 rings (SSSR count). The van der Waals surface area contributed by atoms with Crippen LogP contribution in [0.4, 0.5) is 4.39 Å². The van der Waals surface area contributed by atoms with Gasteiger partial charge in [-0.05, 0) is 54.1 Å². The van der Waals surface area contributed by atoms with Gasteiger partial charge in [-0.1, -0.05) is 46.8 Å². The van der Waals surface area contributed by atoms with Crippen molar-refractivity contribution in [2.24, 2.45) is 5.41 Å². The smallest absolute Gasteiger partial charge is 0.335 e. The number of carboxylic acids is 1. The molecule has 0 saturated heterocycles. The highest BCUT2D eigenvalue weighted by Crippen LogP contribution is 2.44. The Balaban J connectivity index is 1.95. The number of aromatic carboxylic acids is 1. The fourth-order valence-corrected chi connectivity index (χ4v) is 4.93. The third-order valence-corrected chi connectivity index (χ3v) is 7.03. The number of carbonyl (C=O) groups is 2. The van der Waals surface area contributed by atoms with E-state index in [1.807, 2.05) is 51.3 Å². The van der Waals surface area contributed by atoms with E-state index in [9.17, 15) is 24.2 Å². The van der Waals surface area contributed by atoms with E-state index in [1.165, 1.54) is 16.8 Å². The lowest BCUT2D eigenvalue weighted by Gasteiger charge is -2.27. The minimum atomic E-state index is -1.03. The van der Waals surface area contributed by atoms with E-state index in [0.717, 1.165) is 33.1 Å². The van der Waals surface area contributed by atoms with Gasteiger partial charge in [0.05, 0.1) is 29.4 Å². The Morgan fingerprint density at radius 1 is 0.923 bits per heavy atom. The second-order valence-electron chi connectivity index (χ2n) is 11.5. The summed E-state index contributed by atoms with van der Waals surface area (Å²) in [4.78, 5) is 24.8. The molecule has 2 N–H and O–H groups in total. The predicted octanol–water partition coefficient (Wildman–Crippen LogP) is 6.44. The van der Waals surface area contributed by atoms with Crippen LogP contribution < -0.4 is 0 Å². The number of hydrogen-bond donors (Lipinski definition) is 2. The zero-order valence-corrected chi connectivity index (χ0v) is 22.5. The average molecular weight is 528 g/mol. The van der Waals surface area contributed by atoms with Crippen molar-refractivity contribution in [3.8, 4) is 16.8 Å². The highest BCUT2D eigenvalue weighted by molar-refractivity contribution is 6.08. The summed E-state index contributed by atoms with van der Waals surface area (Å²) in [5, 5.41) is 25.9. The van der Waals surface area contributed by atoms with Gasteiger partial charge >= 0.3 is 5.97 Å². The topological polar surface area (TPSA) is 97.3 Å². The Morgan fingerprint density at radius 3 is 2.13 bits per heavy atom. The molecule has 0 amide bonds. The molecule has 39 heavy (non-hydrogen) atoms. The standard InChI is InChI=1S/C31H30FN3O4/c1-30(2,3)29(39)35-24-15-23-25(14-20(24)16-33-35)34(22-12-10-21(32)11-13-22)27(31(4,5)17-36)26(23)18-6-8-19(9-7-18)28(37)38/h6-16,36H,17H2,1-5H3,(H,37,38). The minimum absolute atomic E-state index is 0.153. The van der Waals surface area contributed by atoms with Gasteiger partial charge in [0.2, 0.25) is 0 Å². The Kier molecular flexibility index (Phi) is 6.18. The zero-order chi connectivity index (χ0) is 28.3. The van der Waals surface area contributed by atoms with Crippen LogP contribution in [0.5, 0.6) is 0 Å². The number of halogens is 1. The molecule has 0 radical (unpaired) electrons. The van der Waals surface area contributed by atoms with Crippen LogP contribution in [0.25, 0.3) is 38.6 Å². The molecule has 2 heterocycles. The molecule has 3 aromatic carbocycles. The molecule has 8 heteroatoms. The molecule has 0 fully saturated rings. The average Bonchev–Trinajstić information content (AvgIpc) is 3.46. The molecule has 0 atom stereocenters. The van der Waals surface area contributed by atoms with Crippen molar-refractivity contribution in [1.82, 2.24) is 14.3 Å². The van der Waals surface area contributed by atoms with E-state index >= 15 is 0 Å². The molecular formula is C31H30FN3O4. The lowest BCUT2D eigenvalue weighted by molar-refractivity contribution is 0.0696. The van der Waals surface area contributed by atoms with E-state index in [-0.39, 0.29) is 23.9 Å². The molecule has 2 aromatic heterocycles. The van der Waals surface area contributed by atoms with Crippen molar-refractivity contribution < 1.29 is 24.2 Å². The fraction of sp³-hybridized carbons (Fsp3) is 0.258. The normalized spacial score (nSPS) is 12.4. The largest absolute Gasteiger partial charge is 0.478 e. The molecule has 0 spiro atoms. The maximum atomic E-state index is 13.9. The summed E-state index contributed by atoms with van der Waals surface area (Å²) in [6, 6.07) is 16.6. The molecule has 0 bridgehead atoms. The van der Waals surface area contributed by atoms with Gasteiger partial charge in [-0.15, -0.1) is 0 Å². The van der Waals surface area contributed by atoms with E-state index in [4.69, 9.17) is 0 Å². The number of carboxylic acid groups (broad SMARTS) is 1. The van der Waals surface area contributed by atoms with Gasteiger partial charge in [-0.25, -0.2) is 9.18 Å². The van der Waals surface area contributed by atoms with Crippen molar-refractivity contribution >= 4 is 33.7 Å². The van der Waals surface area contributed by atoms with Gasteiger partial charge in [0.25, 0.3) is 5.91 Å². The molecular weight excluding hydrogens is 497 g/mol. The molecule has 0 aliphatic rings. The predicted molar refractivity (Wildman–Crippen MR) is 149 cm³/mol. The second-order valence-corrected chi connectivity index (χ2v) is 11.5. The maximum Gasteiger partial charge on any atom is 0.335 e. The summed E-state index contributed by atoms with van der Waals surface area (Å²) < 4.78 is 17.3. The van der Waals surface area contributed by atoms with Crippen molar-refractivity contribution in [2.75, 3.05) is 6.61 Å². The van der Waals surface area contributed by atoms with Gasteiger partial charge < -0.3 is 14.8 Å². The summed E-state index contributed by atoms with van der Waals surface area (Å²) in [6.45, 7) is 9.17. The second kappa shape index (κ2) is 9.17. The number of hydrogen-bond acceptors (Lipinski definition) is 4. The summed E-state index contributed by atoms with van der Waals surface area (Å²) >= 11 is 0. The Hall–Kier alpha value is -4.30. The van der Waals surface area contributed by atoms with Crippen LogP contribution in [0.1, 0.15) is 55.5 Å². The highest BCUT2D eigenvalue weighted by Gasteiger charge is 2.33. The van der Waals surface area contributed by atoms with Crippen LogP contribution in [0.15, 0.2) is 66.9 Å². The summed E-state index contributed by atoms with van der Waals surface area (Å²) in [7, 11) is 0. The summed E-state index contributed by atoms with van der Waals surface area (Å²) in [5.41, 5.74) is 3.15. The SMILES string of the molecule is CC(C)(C)C(=O)n1ncc2cc3c(cc21)c(-c1ccc(C(=O)O)cc1)c(C(C)(C)CO)n3-c1ccc(F)cc1. The van der Waals surface area contributed by atoms with Crippen LogP contribution in [-0.4, -0.2) is 43.0 Å². The van der Waals surface area contributed by atoms with Crippen molar-refractivity contribution in [1.29, 1.82) is 0 Å². The maximum absolute atomic E-state index is 13.9. The molecule has 0 aliphatic heterocycles. The third kappa shape index (κ3) is 4.40. The minimum Gasteiger partial charge on any atom is -0.478 e. The van der Waals surface area contributed by atoms with Crippen LogP contribution in [0.2, 0.25) is 0 Å². The van der Waals surface area contributed by atoms with E-state index < -0.39 is 16.8 Å². The van der Waals surface area contributed by atoms with Crippen LogP contribution in [0.3, 0.4) is 0 Å². The number of nitrogens with zero attached hydrogens (tertiary/aromatic N) is 3. The monoisotopic (exact) mass is 527 g/mol. The van der Waals surface area contributed by atoms with Gasteiger partial charge in [-0.3, -0.25) is 4.79 Å². The third-order valence-electron chi connectivity index (χ3n) is 7.03.